The first kappa shape index (κ1) is 10.4. The van der Waals surface area contributed by atoms with Crippen LogP contribution in [-0.2, 0) is 0 Å². The second kappa shape index (κ2) is 3.89. The van der Waals surface area contributed by atoms with Crippen LogP contribution < -0.4 is 5.73 Å². The van der Waals surface area contributed by atoms with Crippen LogP contribution in [0, 0.1) is 0 Å². The van der Waals surface area contributed by atoms with Gasteiger partial charge in [-0.3, -0.25) is 0 Å². The summed E-state index contributed by atoms with van der Waals surface area (Å²) >= 11 is 3.55. The Morgan fingerprint density at radius 1 is 1.06 bits per heavy atom. The van der Waals surface area contributed by atoms with Gasteiger partial charge in [0, 0.05) is 9.86 Å². The number of nitrogen functional groups attached to an aromatic ring is 1. The molecule has 2 N–H and O–H groups in total. The fourth-order valence-electron chi connectivity index (χ4n) is 1.90. The average molecular weight is 288 g/mol. The minimum atomic E-state index is 0.716. The summed E-state index contributed by atoms with van der Waals surface area (Å²) in [5.41, 5.74) is 8.62. The molecule has 0 bridgehead atoms. The summed E-state index contributed by atoms with van der Waals surface area (Å²) in [7, 11) is 0. The van der Waals surface area contributed by atoms with Gasteiger partial charge in [0.15, 0.2) is 0 Å². The van der Waals surface area contributed by atoms with Crippen molar-refractivity contribution < 1.29 is 0 Å². The first-order valence-corrected chi connectivity index (χ1v) is 6.04. The van der Waals surface area contributed by atoms with E-state index in [1.807, 2.05) is 53.3 Å². The third-order valence-electron chi connectivity index (χ3n) is 2.71. The van der Waals surface area contributed by atoms with Crippen molar-refractivity contribution in [2.24, 2.45) is 0 Å². The van der Waals surface area contributed by atoms with Gasteiger partial charge in [-0.15, -0.1) is 0 Å². The molecule has 0 radical (unpaired) electrons. The quantitative estimate of drug-likeness (QED) is 0.698. The molecule has 1 heterocycles. The molecule has 0 saturated carbocycles. The van der Waals surface area contributed by atoms with Crippen LogP contribution in [0.25, 0.3) is 16.6 Å². The average Bonchev–Trinajstić information content (AvgIpc) is 2.75. The van der Waals surface area contributed by atoms with Crippen LogP contribution in [-0.4, -0.2) is 9.78 Å². The van der Waals surface area contributed by atoms with E-state index < -0.39 is 0 Å². The highest BCUT2D eigenvalue weighted by Gasteiger charge is 2.09. The van der Waals surface area contributed by atoms with Crippen molar-refractivity contribution in [3.63, 3.8) is 0 Å². The molecule has 0 aliphatic carbocycles. The smallest absolute Gasteiger partial charge is 0.0883 e. The predicted molar refractivity (Wildman–Crippen MR) is 73.2 cm³/mol. The number of hydrogen-bond donors (Lipinski definition) is 1. The molecule has 3 aromatic rings. The highest BCUT2D eigenvalue weighted by atomic mass is 79.9. The fraction of sp³-hybridized carbons (Fsp3) is 0. The first-order valence-electron chi connectivity index (χ1n) is 5.24. The Kier molecular flexibility index (Phi) is 2.37. The van der Waals surface area contributed by atoms with Gasteiger partial charge in [-0.25, -0.2) is 4.68 Å². The molecule has 0 spiro atoms. The van der Waals surface area contributed by atoms with E-state index in [2.05, 4.69) is 21.0 Å². The van der Waals surface area contributed by atoms with Crippen molar-refractivity contribution in [1.82, 2.24) is 9.78 Å². The van der Waals surface area contributed by atoms with E-state index in [0.29, 0.717) is 5.69 Å². The molecule has 84 valence electrons. The molecule has 3 rings (SSSR count). The Morgan fingerprint density at radius 2 is 1.88 bits per heavy atom. The van der Waals surface area contributed by atoms with Crippen molar-refractivity contribution in [2.45, 2.75) is 0 Å². The van der Waals surface area contributed by atoms with Gasteiger partial charge in [0.25, 0.3) is 0 Å². The van der Waals surface area contributed by atoms with E-state index in [1.54, 1.807) is 0 Å². The monoisotopic (exact) mass is 287 g/mol. The summed E-state index contributed by atoms with van der Waals surface area (Å²) in [5.74, 6) is 0. The van der Waals surface area contributed by atoms with Gasteiger partial charge >= 0.3 is 0 Å². The topological polar surface area (TPSA) is 43.8 Å². The molecule has 17 heavy (non-hydrogen) atoms. The highest BCUT2D eigenvalue weighted by Crippen LogP contribution is 2.27. The molecule has 0 fully saturated rings. The summed E-state index contributed by atoms with van der Waals surface area (Å²) in [4.78, 5) is 0. The lowest BCUT2D eigenvalue weighted by Crippen LogP contribution is -2.00. The van der Waals surface area contributed by atoms with Gasteiger partial charge in [0.2, 0.25) is 0 Å². The summed E-state index contributed by atoms with van der Waals surface area (Å²) < 4.78 is 2.87. The Morgan fingerprint density at radius 3 is 2.71 bits per heavy atom. The number of nitrogens with two attached hydrogens (primary N) is 1. The molecule has 0 amide bonds. The second-order valence-corrected chi connectivity index (χ2v) is 4.65. The molecule has 0 unspecified atom stereocenters. The lowest BCUT2D eigenvalue weighted by molar-refractivity contribution is 0.911. The number of benzene rings is 2. The van der Waals surface area contributed by atoms with Gasteiger partial charge in [0.05, 0.1) is 23.1 Å². The van der Waals surface area contributed by atoms with Crippen LogP contribution in [0.4, 0.5) is 5.69 Å². The van der Waals surface area contributed by atoms with E-state index in [-0.39, 0.29) is 0 Å². The standard InChI is InChI=1S/C13H10BrN3/c14-10-5-3-4-9-8-16-17(13(9)10)12-7-2-1-6-11(12)15/h1-8H,15H2. The maximum absolute atomic E-state index is 5.98. The van der Waals surface area contributed by atoms with Crippen molar-refractivity contribution in [2.75, 3.05) is 5.73 Å². The second-order valence-electron chi connectivity index (χ2n) is 3.79. The Hall–Kier alpha value is -1.81. The minimum Gasteiger partial charge on any atom is -0.397 e. The normalized spacial score (nSPS) is 10.9. The van der Waals surface area contributed by atoms with Gasteiger partial charge in [-0.1, -0.05) is 24.3 Å². The highest BCUT2D eigenvalue weighted by molar-refractivity contribution is 9.10. The van der Waals surface area contributed by atoms with E-state index in [9.17, 15) is 0 Å². The summed E-state index contributed by atoms with van der Waals surface area (Å²) in [6.07, 6.45) is 1.84. The zero-order valence-electron chi connectivity index (χ0n) is 8.97. The minimum absolute atomic E-state index is 0.716. The third-order valence-corrected chi connectivity index (χ3v) is 3.35. The molecular weight excluding hydrogens is 278 g/mol. The number of aromatic nitrogens is 2. The number of hydrogen-bond acceptors (Lipinski definition) is 2. The maximum Gasteiger partial charge on any atom is 0.0883 e. The summed E-state index contributed by atoms with van der Waals surface area (Å²) in [6.45, 7) is 0. The molecule has 0 atom stereocenters. The molecule has 0 aliphatic rings. The van der Waals surface area contributed by atoms with E-state index in [4.69, 9.17) is 5.73 Å². The lowest BCUT2D eigenvalue weighted by atomic mass is 10.2. The van der Waals surface area contributed by atoms with Crippen molar-refractivity contribution in [3.8, 4) is 5.69 Å². The van der Waals surface area contributed by atoms with Crippen molar-refractivity contribution in [1.29, 1.82) is 0 Å². The maximum atomic E-state index is 5.98. The Bertz CT molecular complexity index is 688. The van der Waals surface area contributed by atoms with Crippen molar-refractivity contribution in [3.05, 3.63) is 53.1 Å². The van der Waals surface area contributed by atoms with Gasteiger partial charge in [0.1, 0.15) is 0 Å². The number of rotatable bonds is 1. The van der Waals surface area contributed by atoms with Crippen LogP contribution in [0.15, 0.2) is 53.1 Å². The fourth-order valence-corrected chi connectivity index (χ4v) is 2.45. The van der Waals surface area contributed by atoms with Gasteiger partial charge in [-0.2, -0.15) is 5.10 Å². The number of anilines is 1. The number of nitrogens with zero attached hydrogens (tertiary/aromatic N) is 2. The molecule has 3 nitrogen and oxygen atoms in total. The summed E-state index contributed by atoms with van der Waals surface area (Å²) in [5, 5.41) is 5.48. The van der Waals surface area contributed by atoms with E-state index in [0.717, 1.165) is 21.1 Å². The molecule has 2 aromatic carbocycles. The molecule has 0 saturated heterocycles. The van der Waals surface area contributed by atoms with E-state index in [1.165, 1.54) is 0 Å². The zero-order chi connectivity index (χ0) is 11.8. The predicted octanol–water partition coefficient (Wildman–Crippen LogP) is 3.37. The van der Waals surface area contributed by atoms with Crippen LogP contribution >= 0.6 is 15.9 Å². The van der Waals surface area contributed by atoms with Gasteiger partial charge in [-0.05, 0) is 34.1 Å². The van der Waals surface area contributed by atoms with Crippen molar-refractivity contribution >= 4 is 32.5 Å². The molecule has 1 aromatic heterocycles. The van der Waals surface area contributed by atoms with Crippen LogP contribution in [0.5, 0.6) is 0 Å². The van der Waals surface area contributed by atoms with Crippen LogP contribution in [0.2, 0.25) is 0 Å². The molecule has 4 heteroatoms. The largest absolute Gasteiger partial charge is 0.397 e. The van der Waals surface area contributed by atoms with Crippen LogP contribution in [0.3, 0.4) is 0 Å². The number of fused-ring (bicyclic) bond motifs is 1. The number of halogens is 1. The first-order chi connectivity index (χ1) is 8.27. The molecular formula is C13H10BrN3. The molecule has 0 aliphatic heterocycles. The van der Waals surface area contributed by atoms with Gasteiger partial charge < -0.3 is 5.73 Å². The Balaban J connectivity index is 2.36. The Labute approximate surface area is 107 Å². The lowest BCUT2D eigenvalue weighted by Gasteiger charge is -2.07. The van der Waals surface area contributed by atoms with Crippen LogP contribution in [0.1, 0.15) is 0 Å². The SMILES string of the molecule is Nc1ccccc1-n1ncc2cccc(Br)c21. The van der Waals surface area contributed by atoms with E-state index >= 15 is 0 Å². The third kappa shape index (κ3) is 1.61. The zero-order valence-corrected chi connectivity index (χ0v) is 10.6. The summed E-state index contributed by atoms with van der Waals surface area (Å²) in [6, 6.07) is 13.7. The number of para-hydroxylation sites is 3.